The van der Waals surface area contributed by atoms with Gasteiger partial charge in [0.05, 0.1) is 5.69 Å². The predicted molar refractivity (Wildman–Crippen MR) is 63.7 cm³/mol. The molecule has 1 aromatic heterocycles. The normalized spacial score (nSPS) is 11.6. The SMILES string of the molecule is Cc1cn(S(=O)(=O)c2ccccc2Br)cn1. The second kappa shape index (κ2) is 4.03. The molecule has 6 heteroatoms. The van der Waals surface area contributed by atoms with Gasteiger partial charge in [-0.3, -0.25) is 0 Å². The fraction of sp³-hybridized carbons (Fsp3) is 0.100. The summed E-state index contributed by atoms with van der Waals surface area (Å²) in [6, 6.07) is 6.69. The molecule has 0 unspecified atom stereocenters. The van der Waals surface area contributed by atoms with E-state index >= 15 is 0 Å². The van der Waals surface area contributed by atoms with E-state index in [9.17, 15) is 8.42 Å². The van der Waals surface area contributed by atoms with E-state index in [-0.39, 0.29) is 4.90 Å². The molecule has 84 valence electrons. The highest BCUT2D eigenvalue weighted by atomic mass is 79.9. The number of hydrogen-bond acceptors (Lipinski definition) is 3. The van der Waals surface area contributed by atoms with Crippen LogP contribution in [0, 0.1) is 6.92 Å². The summed E-state index contributed by atoms with van der Waals surface area (Å²) in [5.74, 6) is 0. The average Bonchev–Trinajstić information content (AvgIpc) is 2.66. The summed E-state index contributed by atoms with van der Waals surface area (Å²) >= 11 is 3.22. The molecule has 0 saturated heterocycles. The maximum absolute atomic E-state index is 12.2. The van der Waals surface area contributed by atoms with Crippen LogP contribution in [0.15, 0.2) is 46.2 Å². The number of aryl methyl sites for hydroxylation is 1. The molecule has 0 saturated carbocycles. The van der Waals surface area contributed by atoms with Gasteiger partial charge in [0.1, 0.15) is 11.2 Å². The van der Waals surface area contributed by atoms with E-state index in [1.54, 1.807) is 31.2 Å². The third kappa shape index (κ3) is 1.90. The van der Waals surface area contributed by atoms with E-state index in [0.717, 1.165) is 3.97 Å². The zero-order chi connectivity index (χ0) is 11.8. The first-order chi connectivity index (χ1) is 7.51. The summed E-state index contributed by atoms with van der Waals surface area (Å²) in [6.45, 7) is 1.74. The minimum Gasteiger partial charge on any atom is -0.241 e. The number of nitrogens with zero attached hydrogens (tertiary/aromatic N) is 2. The van der Waals surface area contributed by atoms with Crippen molar-refractivity contribution < 1.29 is 8.42 Å². The molecule has 0 spiro atoms. The Hall–Kier alpha value is -1.14. The summed E-state index contributed by atoms with van der Waals surface area (Å²) in [4.78, 5) is 4.14. The molecule has 0 fully saturated rings. The molecule has 0 N–H and O–H groups in total. The fourth-order valence-electron chi connectivity index (χ4n) is 1.30. The summed E-state index contributed by atoms with van der Waals surface area (Å²) in [7, 11) is -3.54. The predicted octanol–water partition coefficient (Wildman–Crippen LogP) is 2.19. The van der Waals surface area contributed by atoms with E-state index in [2.05, 4.69) is 20.9 Å². The van der Waals surface area contributed by atoms with Gasteiger partial charge < -0.3 is 0 Å². The van der Waals surface area contributed by atoms with Crippen LogP contribution in [0.5, 0.6) is 0 Å². The van der Waals surface area contributed by atoms with Crippen LogP contribution >= 0.6 is 15.9 Å². The zero-order valence-electron chi connectivity index (χ0n) is 8.46. The zero-order valence-corrected chi connectivity index (χ0v) is 10.9. The average molecular weight is 301 g/mol. The topological polar surface area (TPSA) is 52.0 Å². The molecule has 0 atom stereocenters. The third-order valence-electron chi connectivity index (χ3n) is 2.08. The third-order valence-corrected chi connectivity index (χ3v) is 4.70. The number of benzene rings is 1. The van der Waals surface area contributed by atoms with Crippen molar-refractivity contribution in [3.63, 3.8) is 0 Å². The van der Waals surface area contributed by atoms with E-state index in [4.69, 9.17) is 0 Å². The maximum atomic E-state index is 12.2. The second-order valence-corrected chi connectivity index (χ2v) is 5.95. The highest BCUT2D eigenvalue weighted by Crippen LogP contribution is 2.23. The fourth-order valence-corrected chi connectivity index (χ4v) is 3.45. The molecule has 0 amide bonds. The van der Waals surface area contributed by atoms with Gasteiger partial charge in [0, 0.05) is 10.7 Å². The van der Waals surface area contributed by atoms with Crippen molar-refractivity contribution in [2.75, 3.05) is 0 Å². The van der Waals surface area contributed by atoms with Crippen LogP contribution < -0.4 is 0 Å². The monoisotopic (exact) mass is 300 g/mol. The van der Waals surface area contributed by atoms with E-state index < -0.39 is 10.0 Å². The van der Waals surface area contributed by atoms with Crippen molar-refractivity contribution in [3.05, 3.63) is 47.0 Å². The van der Waals surface area contributed by atoms with Crippen LogP contribution in [0.25, 0.3) is 0 Å². The van der Waals surface area contributed by atoms with Crippen LogP contribution in [-0.2, 0) is 10.0 Å². The van der Waals surface area contributed by atoms with E-state index in [1.807, 2.05) is 0 Å². The Balaban J connectivity index is 2.60. The van der Waals surface area contributed by atoms with Crippen LogP contribution in [0.2, 0.25) is 0 Å². The summed E-state index contributed by atoms with van der Waals surface area (Å²) in [5, 5.41) is 0. The number of rotatable bonds is 2. The van der Waals surface area contributed by atoms with Gasteiger partial charge in [0.15, 0.2) is 0 Å². The van der Waals surface area contributed by atoms with E-state index in [0.29, 0.717) is 10.2 Å². The molecular weight excluding hydrogens is 292 g/mol. The molecule has 0 aliphatic carbocycles. The quantitative estimate of drug-likeness (QED) is 0.854. The molecule has 0 radical (unpaired) electrons. The Morgan fingerprint density at radius 3 is 2.56 bits per heavy atom. The molecule has 1 heterocycles. The van der Waals surface area contributed by atoms with Gasteiger partial charge in [-0.05, 0) is 35.0 Å². The lowest BCUT2D eigenvalue weighted by Gasteiger charge is -2.06. The number of imidazole rings is 1. The lowest BCUT2D eigenvalue weighted by Crippen LogP contribution is -2.11. The lowest BCUT2D eigenvalue weighted by atomic mass is 10.4. The van der Waals surface area contributed by atoms with Gasteiger partial charge in [-0.15, -0.1) is 0 Å². The van der Waals surface area contributed by atoms with Gasteiger partial charge >= 0.3 is 0 Å². The molecule has 0 aliphatic heterocycles. The largest absolute Gasteiger partial charge is 0.270 e. The standard InChI is InChI=1S/C10H9BrN2O2S/c1-8-6-13(7-12-8)16(14,15)10-5-3-2-4-9(10)11/h2-7H,1H3. The maximum Gasteiger partial charge on any atom is 0.270 e. The molecule has 16 heavy (non-hydrogen) atoms. The van der Waals surface area contributed by atoms with Crippen LogP contribution in [0.1, 0.15) is 5.69 Å². The first kappa shape index (κ1) is 11.3. The summed E-state index contributed by atoms with van der Waals surface area (Å²) in [6.07, 6.45) is 2.78. The molecule has 4 nitrogen and oxygen atoms in total. The smallest absolute Gasteiger partial charge is 0.241 e. The van der Waals surface area contributed by atoms with Gasteiger partial charge in [-0.1, -0.05) is 12.1 Å². The second-order valence-electron chi connectivity index (χ2n) is 3.28. The van der Waals surface area contributed by atoms with Gasteiger partial charge in [0.2, 0.25) is 0 Å². The lowest BCUT2D eigenvalue weighted by molar-refractivity contribution is 0.586. The van der Waals surface area contributed by atoms with Gasteiger partial charge in [-0.25, -0.2) is 17.4 Å². The Bertz CT molecular complexity index is 619. The molecule has 0 bridgehead atoms. The molecular formula is C10H9BrN2O2S. The van der Waals surface area contributed by atoms with Crippen LogP contribution in [-0.4, -0.2) is 17.4 Å². The van der Waals surface area contributed by atoms with Crippen molar-refractivity contribution >= 4 is 26.0 Å². The van der Waals surface area contributed by atoms with Crippen molar-refractivity contribution in [2.45, 2.75) is 11.8 Å². The highest BCUT2D eigenvalue weighted by Gasteiger charge is 2.19. The Morgan fingerprint density at radius 2 is 2.00 bits per heavy atom. The van der Waals surface area contributed by atoms with Gasteiger partial charge in [-0.2, -0.15) is 0 Å². The Labute approximate surface area is 102 Å². The van der Waals surface area contributed by atoms with E-state index in [1.165, 1.54) is 12.5 Å². The number of hydrogen-bond donors (Lipinski definition) is 0. The first-order valence-electron chi connectivity index (χ1n) is 4.52. The first-order valence-corrected chi connectivity index (χ1v) is 6.76. The molecule has 2 aromatic rings. The minimum absolute atomic E-state index is 0.229. The minimum atomic E-state index is -3.54. The van der Waals surface area contributed by atoms with Crippen molar-refractivity contribution in [1.29, 1.82) is 0 Å². The Kier molecular flexibility index (Phi) is 2.86. The number of halogens is 1. The van der Waals surface area contributed by atoms with Crippen molar-refractivity contribution in [2.24, 2.45) is 0 Å². The summed E-state index contributed by atoms with van der Waals surface area (Å²) in [5.41, 5.74) is 0.663. The van der Waals surface area contributed by atoms with Crippen molar-refractivity contribution in [3.8, 4) is 0 Å². The van der Waals surface area contributed by atoms with Gasteiger partial charge in [0.25, 0.3) is 10.0 Å². The van der Waals surface area contributed by atoms with Crippen LogP contribution in [0.3, 0.4) is 0 Å². The molecule has 0 aliphatic rings. The van der Waals surface area contributed by atoms with Crippen LogP contribution in [0.4, 0.5) is 0 Å². The Morgan fingerprint density at radius 1 is 1.31 bits per heavy atom. The molecule has 2 rings (SSSR count). The number of aromatic nitrogens is 2. The summed E-state index contributed by atoms with van der Waals surface area (Å²) < 4.78 is 26.0. The highest BCUT2D eigenvalue weighted by molar-refractivity contribution is 9.10. The van der Waals surface area contributed by atoms with Crippen molar-refractivity contribution in [1.82, 2.24) is 8.96 Å². The molecule has 1 aromatic carbocycles.